The van der Waals surface area contributed by atoms with Crippen molar-refractivity contribution in [1.82, 2.24) is 9.88 Å². The summed E-state index contributed by atoms with van der Waals surface area (Å²) in [6.07, 6.45) is 1.59. The molecule has 0 unspecified atom stereocenters. The van der Waals surface area contributed by atoms with Crippen LogP contribution in [0.5, 0.6) is 5.75 Å². The minimum Gasteiger partial charge on any atom is -0.497 e. The van der Waals surface area contributed by atoms with Gasteiger partial charge in [0.1, 0.15) is 11.6 Å². The van der Waals surface area contributed by atoms with Crippen molar-refractivity contribution in [3.8, 4) is 28.5 Å². The van der Waals surface area contributed by atoms with Gasteiger partial charge in [-0.2, -0.15) is 0 Å². The van der Waals surface area contributed by atoms with Crippen LogP contribution in [0, 0.1) is 5.82 Å². The second kappa shape index (κ2) is 9.39. The number of hydrogen-bond acceptors (Lipinski definition) is 5. The number of halogens is 1. The first-order chi connectivity index (χ1) is 16.6. The summed E-state index contributed by atoms with van der Waals surface area (Å²) in [5.41, 5.74) is 3.02. The van der Waals surface area contributed by atoms with Crippen molar-refractivity contribution in [2.24, 2.45) is 0 Å². The highest BCUT2D eigenvalue weighted by Crippen LogP contribution is 2.29. The molecule has 1 fully saturated rings. The molecule has 1 amide bonds. The second-order valence-electron chi connectivity index (χ2n) is 8.06. The molecular formula is C27H24FN3O3. The van der Waals surface area contributed by atoms with Crippen molar-refractivity contribution in [3.05, 3.63) is 90.4 Å². The Morgan fingerprint density at radius 2 is 1.65 bits per heavy atom. The fourth-order valence-corrected chi connectivity index (χ4v) is 4.13. The van der Waals surface area contributed by atoms with Crippen molar-refractivity contribution in [2.45, 2.75) is 0 Å². The van der Waals surface area contributed by atoms with Gasteiger partial charge in [-0.1, -0.05) is 12.1 Å². The van der Waals surface area contributed by atoms with Gasteiger partial charge in [0, 0.05) is 43.0 Å². The number of benzene rings is 3. The van der Waals surface area contributed by atoms with Gasteiger partial charge in [-0.3, -0.25) is 4.79 Å². The minimum absolute atomic E-state index is 0.0495. The molecule has 7 heteroatoms. The van der Waals surface area contributed by atoms with Crippen LogP contribution in [0.15, 0.2) is 83.4 Å². The quantitative estimate of drug-likeness (QED) is 0.416. The number of ether oxygens (including phenoxy) is 1. The lowest BCUT2D eigenvalue weighted by molar-refractivity contribution is 0.0747. The molecule has 6 nitrogen and oxygen atoms in total. The highest BCUT2D eigenvalue weighted by atomic mass is 19.1. The van der Waals surface area contributed by atoms with Crippen LogP contribution < -0.4 is 9.64 Å². The van der Waals surface area contributed by atoms with E-state index in [4.69, 9.17) is 9.15 Å². The van der Waals surface area contributed by atoms with Crippen LogP contribution in [0.1, 0.15) is 10.4 Å². The SMILES string of the molecule is COc1ccc(N2CCN(C(=O)c3ccccc3-c3ncc(-c4ccc(F)cc4)o3)CC2)cc1. The van der Waals surface area contributed by atoms with E-state index < -0.39 is 0 Å². The Kier molecular flexibility index (Phi) is 5.99. The number of anilines is 1. The second-order valence-corrected chi connectivity index (χ2v) is 8.06. The number of carbonyl (C=O) groups is 1. The van der Waals surface area contributed by atoms with E-state index in [2.05, 4.69) is 9.88 Å². The average molecular weight is 458 g/mol. The average Bonchev–Trinajstić information content (AvgIpc) is 3.39. The molecule has 0 saturated carbocycles. The van der Waals surface area contributed by atoms with E-state index in [1.54, 1.807) is 31.5 Å². The Morgan fingerprint density at radius 3 is 2.35 bits per heavy atom. The molecule has 2 heterocycles. The number of methoxy groups -OCH3 is 1. The summed E-state index contributed by atoms with van der Waals surface area (Å²) in [7, 11) is 1.65. The predicted molar refractivity (Wildman–Crippen MR) is 128 cm³/mol. The first kappa shape index (κ1) is 21.7. The van der Waals surface area contributed by atoms with Gasteiger partial charge in [0.25, 0.3) is 5.91 Å². The van der Waals surface area contributed by atoms with E-state index in [0.717, 1.165) is 30.1 Å². The molecule has 1 aromatic heterocycles. The molecule has 0 spiro atoms. The van der Waals surface area contributed by atoms with Gasteiger partial charge in [-0.05, 0) is 60.7 Å². The Labute approximate surface area is 197 Å². The molecule has 34 heavy (non-hydrogen) atoms. The van der Waals surface area contributed by atoms with Crippen molar-refractivity contribution in [3.63, 3.8) is 0 Å². The standard InChI is InChI=1S/C27H24FN3O3/c1-33-22-12-10-21(11-13-22)30-14-16-31(17-15-30)27(32)24-5-3-2-4-23(24)26-29-18-25(34-26)19-6-8-20(28)9-7-19/h2-13,18H,14-17H2,1H3. The number of hydrogen-bond donors (Lipinski definition) is 0. The molecule has 172 valence electrons. The van der Waals surface area contributed by atoms with Crippen LogP contribution in [0.3, 0.4) is 0 Å². The van der Waals surface area contributed by atoms with Crippen LogP contribution in [-0.4, -0.2) is 49.1 Å². The molecule has 3 aromatic carbocycles. The predicted octanol–water partition coefficient (Wildman–Crippen LogP) is 5.12. The number of carbonyl (C=O) groups excluding carboxylic acids is 1. The summed E-state index contributed by atoms with van der Waals surface area (Å²) in [5.74, 6) is 1.34. The van der Waals surface area contributed by atoms with Gasteiger partial charge in [0.05, 0.1) is 18.9 Å². The first-order valence-corrected chi connectivity index (χ1v) is 11.1. The Morgan fingerprint density at radius 1 is 0.941 bits per heavy atom. The molecular weight excluding hydrogens is 433 g/mol. The molecule has 0 aliphatic carbocycles. The Balaban J connectivity index is 1.32. The molecule has 0 radical (unpaired) electrons. The van der Waals surface area contributed by atoms with Crippen LogP contribution in [0.25, 0.3) is 22.8 Å². The molecule has 4 aromatic rings. The van der Waals surface area contributed by atoms with Gasteiger partial charge in [-0.25, -0.2) is 9.37 Å². The van der Waals surface area contributed by atoms with Crippen molar-refractivity contribution in [2.75, 3.05) is 38.2 Å². The van der Waals surface area contributed by atoms with Gasteiger partial charge < -0.3 is 19.0 Å². The van der Waals surface area contributed by atoms with Crippen LogP contribution in [-0.2, 0) is 0 Å². The van der Waals surface area contributed by atoms with Gasteiger partial charge in [-0.15, -0.1) is 0 Å². The van der Waals surface area contributed by atoms with E-state index in [-0.39, 0.29) is 11.7 Å². The molecule has 1 aliphatic heterocycles. The third kappa shape index (κ3) is 4.37. The third-order valence-corrected chi connectivity index (χ3v) is 6.03. The van der Waals surface area contributed by atoms with E-state index in [1.165, 1.54) is 12.1 Å². The lowest BCUT2D eigenvalue weighted by Gasteiger charge is -2.36. The van der Waals surface area contributed by atoms with Gasteiger partial charge in [0.15, 0.2) is 5.76 Å². The zero-order chi connectivity index (χ0) is 23.5. The van der Waals surface area contributed by atoms with Gasteiger partial charge in [0.2, 0.25) is 5.89 Å². The third-order valence-electron chi connectivity index (χ3n) is 6.03. The lowest BCUT2D eigenvalue weighted by Crippen LogP contribution is -2.48. The number of amides is 1. The molecule has 0 bridgehead atoms. The van der Waals surface area contributed by atoms with E-state index in [9.17, 15) is 9.18 Å². The zero-order valence-electron chi connectivity index (χ0n) is 18.8. The number of piperazine rings is 1. The maximum absolute atomic E-state index is 13.4. The van der Waals surface area contributed by atoms with Crippen molar-refractivity contribution in [1.29, 1.82) is 0 Å². The highest BCUT2D eigenvalue weighted by Gasteiger charge is 2.25. The number of oxazole rings is 1. The molecule has 0 atom stereocenters. The Bertz CT molecular complexity index is 1280. The number of rotatable bonds is 5. The maximum Gasteiger partial charge on any atom is 0.254 e. The van der Waals surface area contributed by atoms with Crippen LogP contribution >= 0.6 is 0 Å². The fraction of sp³-hybridized carbons (Fsp3) is 0.185. The topological polar surface area (TPSA) is 58.8 Å². The molecule has 1 saturated heterocycles. The smallest absolute Gasteiger partial charge is 0.254 e. The van der Waals surface area contributed by atoms with E-state index in [0.29, 0.717) is 35.9 Å². The van der Waals surface area contributed by atoms with Crippen LogP contribution in [0.2, 0.25) is 0 Å². The normalized spacial score (nSPS) is 13.7. The van der Waals surface area contributed by atoms with Crippen molar-refractivity contribution >= 4 is 11.6 Å². The molecule has 5 rings (SSSR count). The largest absolute Gasteiger partial charge is 0.497 e. The number of nitrogens with zero attached hydrogens (tertiary/aromatic N) is 3. The van der Waals surface area contributed by atoms with Crippen molar-refractivity contribution < 1.29 is 18.3 Å². The van der Waals surface area contributed by atoms with E-state index >= 15 is 0 Å². The van der Waals surface area contributed by atoms with E-state index in [1.807, 2.05) is 47.4 Å². The lowest BCUT2D eigenvalue weighted by atomic mass is 10.1. The number of aromatic nitrogens is 1. The van der Waals surface area contributed by atoms with Crippen LogP contribution in [0.4, 0.5) is 10.1 Å². The maximum atomic E-state index is 13.4. The summed E-state index contributed by atoms with van der Waals surface area (Å²) < 4.78 is 24.4. The summed E-state index contributed by atoms with van der Waals surface area (Å²) in [4.78, 5) is 21.9. The highest BCUT2D eigenvalue weighted by molar-refractivity contribution is 6.00. The fourth-order valence-electron chi connectivity index (χ4n) is 4.13. The Hall–Kier alpha value is -4.13. The minimum atomic E-state index is -0.313. The summed E-state index contributed by atoms with van der Waals surface area (Å²) >= 11 is 0. The molecule has 0 N–H and O–H groups in total. The molecule has 1 aliphatic rings. The summed E-state index contributed by atoms with van der Waals surface area (Å²) in [6, 6.07) is 21.3. The monoisotopic (exact) mass is 457 g/mol. The summed E-state index contributed by atoms with van der Waals surface area (Å²) in [6.45, 7) is 2.72. The van der Waals surface area contributed by atoms with Gasteiger partial charge >= 0.3 is 0 Å². The first-order valence-electron chi connectivity index (χ1n) is 11.1. The zero-order valence-corrected chi connectivity index (χ0v) is 18.8. The summed E-state index contributed by atoms with van der Waals surface area (Å²) in [5, 5.41) is 0.